The molecule has 0 heterocycles. The summed E-state index contributed by atoms with van der Waals surface area (Å²) in [7, 11) is 0. The minimum absolute atomic E-state index is 0.183. The fourth-order valence-electron chi connectivity index (χ4n) is 1.80. The van der Waals surface area contributed by atoms with Crippen LogP contribution in [0.15, 0.2) is 24.3 Å². The van der Waals surface area contributed by atoms with Gasteiger partial charge in [0.1, 0.15) is 0 Å². The van der Waals surface area contributed by atoms with Crippen molar-refractivity contribution in [2.75, 3.05) is 6.54 Å². The highest BCUT2D eigenvalue weighted by atomic mass is 35.5. The van der Waals surface area contributed by atoms with Crippen molar-refractivity contribution in [3.05, 3.63) is 34.9 Å². The highest BCUT2D eigenvalue weighted by Gasteiger charge is 2.21. The van der Waals surface area contributed by atoms with E-state index in [1.807, 2.05) is 12.1 Å². The number of halogens is 1. The van der Waals surface area contributed by atoms with Gasteiger partial charge in [0.2, 0.25) is 0 Å². The molecule has 0 amide bonds. The van der Waals surface area contributed by atoms with E-state index in [1.165, 1.54) is 5.56 Å². The van der Waals surface area contributed by atoms with Crippen LogP contribution in [0.5, 0.6) is 0 Å². The highest BCUT2D eigenvalue weighted by Crippen LogP contribution is 2.27. The number of benzene rings is 1. The molecule has 17 heavy (non-hydrogen) atoms. The molecule has 1 N–H and O–H groups in total. The Balaban J connectivity index is 2.59. The largest absolute Gasteiger partial charge is 0.312 e. The molecule has 0 spiro atoms. The summed E-state index contributed by atoms with van der Waals surface area (Å²) in [6, 6.07) is 8.19. The molecule has 0 saturated heterocycles. The molecule has 0 unspecified atom stereocenters. The van der Waals surface area contributed by atoms with Gasteiger partial charge in [-0.1, -0.05) is 37.6 Å². The molecular formula is C15H24ClN. The number of hydrogen-bond acceptors (Lipinski definition) is 1. The molecule has 0 atom stereocenters. The highest BCUT2D eigenvalue weighted by molar-refractivity contribution is 6.30. The summed E-state index contributed by atoms with van der Waals surface area (Å²) in [5, 5.41) is 4.34. The summed E-state index contributed by atoms with van der Waals surface area (Å²) in [4.78, 5) is 0. The van der Waals surface area contributed by atoms with Crippen molar-refractivity contribution < 1.29 is 0 Å². The van der Waals surface area contributed by atoms with Gasteiger partial charge in [-0.3, -0.25) is 0 Å². The quantitative estimate of drug-likeness (QED) is 0.839. The van der Waals surface area contributed by atoms with Gasteiger partial charge in [-0.2, -0.15) is 0 Å². The van der Waals surface area contributed by atoms with Gasteiger partial charge >= 0.3 is 0 Å². The summed E-state index contributed by atoms with van der Waals surface area (Å²) >= 11 is 5.91. The van der Waals surface area contributed by atoms with Crippen molar-refractivity contribution in [2.24, 2.45) is 0 Å². The molecule has 0 aliphatic carbocycles. The topological polar surface area (TPSA) is 12.0 Å². The van der Waals surface area contributed by atoms with Crippen molar-refractivity contribution in [3.63, 3.8) is 0 Å². The summed E-state index contributed by atoms with van der Waals surface area (Å²) in [5.41, 5.74) is 1.72. The molecule has 1 rings (SSSR count). The van der Waals surface area contributed by atoms with Crippen LogP contribution in [-0.4, -0.2) is 12.1 Å². The minimum atomic E-state index is 0.183. The normalized spacial score (nSPS) is 12.8. The fraction of sp³-hybridized carbons (Fsp3) is 0.600. The van der Waals surface area contributed by atoms with Crippen molar-refractivity contribution in [2.45, 2.75) is 52.0 Å². The Morgan fingerprint density at radius 3 is 2.00 bits per heavy atom. The average molecular weight is 254 g/mol. The smallest absolute Gasteiger partial charge is 0.0406 e. The average Bonchev–Trinajstić information content (AvgIpc) is 2.15. The first-order chi connectivity index (χ1) is 7.71. The van der Waals surface area contributed by atoms with Crippen molar-refractivity contribution in [3.8, 4) is 0 Å². The lowest BCUT2D eigenvalue weighted by molar-refractivity contribution is 0.379. The van der Waals surface area contributed by atoms with Crippen molar-refractivity contribution >= 4 is 11.6 Å². The zero-order chi connectivity index (χ0) is 13.1. The molecule has 0 saturated carbocycles. The van der Waals surface area contributed by atoms with E-state index in [0.29, 0.717) is 0 Å². The maximum Gasteiger partial charge on any atom is 0.0406 e. The molecule has 0 aromatic heterocycles. The maximum atomic E-state index is 5.91. The number of nitrogens with one attached hydrogen (secondary N) is 1. The van der Waals surface area contributed by atoms with Crippen LogP contribution < -0.4 is 5.32 Å². The molecule has 96 valence electrons. The lowest BCUT2D eigenvalue weighted by Gasteiger charge is -2.28. The van der Waals surface area contributed by atoms with Crippen LogP contribution >= 0.6 is 11.6 Å². The Bertz CT molecular complexity index is 346. The van der Waals surface area contributed by atoms with E-state index in [1.54, 1.807) is 0 Å². The van der Waals surface area contributed by atoms with Crippen LogP contribution in [0.2, 0.25) is 5.02 Å². The zero-order valence-corrected chi connectivity index (χ0v) is 12.4. The monoisotopic (exact) mass is 253 g/mol. The summed E-state index contributed by atoms with van der Waals surface area (Å²) < 4.78 is 0. The first-order valence-electron chi connectivity index (χ1n) is 6.22. The van der Waals surface area contributed by atoms with Crippen LogP contribution in [0.1, 0.15) is 46.6 Å². The van der Waals surface area contributed by atoms with E-state index >= 15 is 0 Å². The molecule has 0 bridgehead atoms. The zero-order valence-electron chi connectivity index (χ0n) is 11.6. The Kier molecular flexibility index (Phi) is 4.62. The van der Waals surface area contributed by atoms with Crippen molar-refractivity contribution in [1.29, 1.82) is 0 Å². The number of rotatable bonds is 4. The standard InChI is InChI=1S/C15H24ClN/c1-14(2,3)17-11-10-15(4,5)12-6-8-13(16)9-7-12/h6-9,17H,10-11H2,1-5H3. The first kappa shape index (κ1) is 14.5. The second-order valence-corrected chi connectivity index (χ2v) is 6.75. The van der Waals surface area contributed by atoms with E-state index in [2.05, 4.69) is 52.1 Å². The molecule has 1 aromatic rings. The van der Waals surface area contributed by atoms with E-state index in [4.69, 9.17) is 11.6 Å². The molecule has 0 aliphatic heterocycles. The van der Waals surface area contributed by atoms with E-state index < -0.39 is 0 Å². The third-order valence-electron chi connectivity index (χ3n) is 3.03. The van der Waals surface area contributed by atoms with Gasteiger partial charge in [0.25, 0.3) is 0 Å². The molecular weight excluding hydrogens is 230 g/mol. The molecule has 0 aliphatic rings. The van der Waals surface area contributed by atoms with Crippen LogP contribution in [0.4, 0.5) is 0 Å². The Morgan fingerprint density at radius 1 is 1.00 bits per heavy atom. The summed E-state index contributed by atoms with van der Waals surface area (Å²) in [6.07, 6.45) is 1.12. The summed E-state index contributed by atoms with van der Waals surface area (Å²) in [6.45, 7) is 12.2. The van der Waals surface area contributed by atoms with Gasteiger partial charge in [0.15, 0.2) is 0 Å². The van der Waals surface area contributed by atoms with Crippen LogP contribution in [-0.2, 0) is 5.41 Å². The van der Waals surface area contributed by atoms with E-state index in [0.717, 1.165) is 18.0 Å². The van der Waals surface area contributed by atoms with Crippen molar-refractivity contribution in [1.82, 2.24) is 5.32 Å². The molecule has 0 fully saturated rings. The van der Waals surface area contributed by atoms with Crippen LogP contribution in [0.3, 0.4) is 0 Å². The predicted octanol–water partition coefficient (Wildman–Crippen LogP) is 4.40. The van der Waals surface area contributed by atoms with E-state index in [9.17, 15) is 0 Å². The van der Waals surface area contributed by atoms with Gasteiger partial charge in [0.05, 0.1) is 0 Å². The van der Waals surface area contributed by atoms with Crippen LogP contribution in [0, 0.1) is 0 Å². The number of hydrogen-bond donors (Lipinski definition) is 1. The third kappa shape index (κ3) is 5.10. The minimum Gasteiger partial charge on any atom is -0.312 e. The van der Waals surface area contributed by atoms with Gasteiger partial charge in [-0.25, -0.2) is 0 Å². The predicted molar refractivity (Wildman–Crippen MR) is 76.9 cm³/mol. The first-order valence-corrected chi connectivity index (χ1v) is 6.60. The second kappa shape index (κ2) is 5.41. The lowest BCUT2D eigenvalue weighted by atomic mass is 9.81. The molecule has 2 heteroatoms. The molecule has 0 radical (unpaired) electrons. The fourth-order valence-corrected chi connectivity index (χ4v) is 1.92. The molecule has 1 nitrogen and oxygen atoms in total. The Labute approximate surface area is 111 Å². The van der Waals surface area contributed by atoms with Gasteiger partial charge in [-0.15, -0.1) is 0 Å². The van der Waals surface area contributed by atoms with Gasteiger partial charge in [-0.05, 0) is 56.8 Å². The Morgan fingerprint density at radius 2 is 1.53 bits per heavy atom. The lowest BCUT2D eigenvalue weighted by Crippen LogP contribution is -2.38. The Hall–Kier alpha value is -0.530. The molecule has 1 aromatic carbocycles. The third-order valence-corrected chi connectivity index (χ3v) is 3.28. The maximum absolute atomic E-state index is 5.91. The summed E-state index contributed by atoms with van der Waals surface area (Å²) in [5.74, 6) is 0. The van der Waals surface area contributed by atoms with E-state index in [-0.39, 0.29) is 11.0 Å². The van der Waals surface area contributed by atoms with Crippen LogP contribution in [0.25, 0.3) is 0 Å². The second-order valence-electron chi connectivity index (χ2n) is 6.32. The van der Waals surface area contributed by atoms with Gasteiger partial charge < -0.3 is 5.32 Å². The SMILES string of the molecule is CC(C)(C)NCCC(C)(C)c1ccc(Cl)cc1. The van der Waals surface area contributed by atoms with Gasteiger partial charge in [0, 0.05) is 10.6 Å².